The summed E-state index contributed by atoms with van der Waals surface area (Å²) in [5.41, 5.74) is 1.11. The second-order valence-corrected chi connectivity index (χ2v) is 2.78. The number of carbonyl (C=O) groups excluding carboxylic acids is 1. The van der Waals surface area contributed by atoms with Gasteiger partial charge in [-0.3, -0.25) is 0 Å². The molecule has 12 heavy (non-hydrogen) atoms. The third-order valence-electron chi connectivity index (χ3n) is 0.973. The first-order valence-electron chi connectivity index (χ1n) is 3.45. The Bertz CT molecular complexity index is 202. The molecule has 0 aliphatic heterocycles. The zero-order valence-corrected chi connectivity index (χ0v) is 8.71. The van der Waals surface area contributed by atoms with Crippen LogP contribution in [-0.2, 0) is 4.79 Å². The minimum absolute atomic E-state index is 0.451. The van der Waals surface area contributed by atoms with Gasteiger partial charge in [0.15, 0.2) is 0 Å². The molecular weight excluding hydrogens is 220 g/mol. The first kappa shape index (κ1) is 11.2. The lowest BCUT2D eigenvalue weighted by molar-refractivity contribution is -0.105. The summed E-state index contributed by atoms with van der Waals surface area (Å²) < 4.78 is 0. The molecule has 0 saturated carbocycles. The van der Waals surface area contributed by atoms with E-state index in [4.69, 9.17) is 4.79 Å². The molecule has 0 unspecified atom stereocenters. The van der Waals surface area contributed by atoms with Crippen LogP contribution in [0.25, 0.3) is 0 Å². The number of hydrogen-bond donors (Lipinski definition) is 0. The van der Waals surface area contributed by atoms with Gasteiger partial charge in [-0.25, -0.2) is 9.97 Å². The average Bonchev–Trinajstić information content (AvgIpc) is 2.11. The van der Waals surface area contributed by atoms with Crippen molar-refractivity contribution in [2.24, 2.45) is 0 Å². The number of aromatic nitrogens is 2. The van der Waals surface area contributed by atoms with E-state index in [1.807, 2.05) is 26.2 Å². The van der Waals surface area contributed by atoms with Crippen LogP contribution in [0.4, 0.5) is 0 Å². The summed E-state index contributed by atoms with van der Waals surface area (Å²) in [6, 6.07) is 0. The summed E-state index contributed by atoms with van der Waals surface area (Å²) in [5.74, 6) is 0.829. The summed E-state index contributed by atoms with van der Waals surface area (Å²) in [7, 11) is 0. The molecule has 0 saturated heterocycles. The van der Waals surface area contributed by atoms with Crippen molar-refractivity contribution in [1.82, 2.24) is 9.97 Å². The van der Waals surface area contributed by atoms with Gasteiger partial charge in [-0.05, 0) is 19.4 Å². The van der Waals surface area contributed by atoms with Gasteiger partial charge in [-0.15, -0.1) is 0 Å². The molecule has 0 N–H and O–H groups in total. The fraction of sp³-hybridized carbons (Fsp3) is 0.375. The van der Waals surface area contributed by atoms with Gasteiger partial charge in [-0.1, -0.05) is 15.9 Å². The Labute approximate surface area is 80.4 Å². The molecule has 4 heteroatoms. The number of halogens is 1. The largest absolute Gasteiger partial charge is 0.302 e. The maximum absolute atomic E-state index is 9.13. The minimum Gasteiger partial charge on any atom is -0.302 e. The Balaban J connectivity index is 0.000000261. The van der Waals surface area contributed by atoms with E-state index in [1.54, 1.807) is 0 Å². The molecule has 0 aliphatic carbocycles. The molecule has 3 nitrogen and oxygen atoms in total. The molecule has 1 heterocycles. The van der Waals surface area contributed by atoms with Gasteiger partial charge in [0.05, 0.1) is 5.33 Å². The molecule has 1 aromatic heterocycles. The summed E-state index contributed by atoms with van der Waals surface area (Å²) >= 11 is 2.88. The molecule has 0 radical (unpaired) electrons. The highest BCUT2D eigenvalue weighted by molar-refractivity contribution is 9.09. The van der Waals surface area contributed by atoms with Crippen molar-refractivity contribution in [3.05, 3.63) is 23.8 Å². The van der Waals surface area contributed by atoms with E-state index in [1.165, 1.54) is 0 Å². The lowest BCUT2D eigenvalue weighted by Crippen LogP contribution is -1.84. The molecule has 1 rings (SSSR count). The van der Waals surface area contributed by atoms with Crippen LogP contribution in [-0.4, -0.2) is 21.6 Å². The van der Waals surface area contributed by atoms with E-state index in [0.717, 1.165) is 17.7 Å². The molecular formula is C8H11BrN2O. The number of carbonyl (C=O) groups is 1. The van der Waals surface area contributed by atoms with Crippen LogP contribution in [0.2, 0.25) is 0 Å². The predicted octanol–water partition coefficient (Wildman–Crippen LogP) is 1.67. The highest BCUT2D eigenvalue weighted by Crippen LogP contribution is 1.89. The number of rotatable bonds is 1. The second kappa shape index (κ2) is 6.91. The first-order chi connectivity index (χ1) is 5.70. The quantitative estimate of drug-likeness (QED) is 0.545. The number of hydrogen-bond acceptors (Lipinski definition) is 3. The van der Waals surface area contributed by atoms with Crippen molar-refractivity contribution >= 4 is 22.2 Å². The number of alkyl halides is 1. The summed E-state index contributed by atoms with van der Waals surface area (Å²) in [6.45, 7) is 3.85. The van der Waals surface area contributed by atoms with E-state index < -0.39 is 0 Å². The Morgan fingerprint density at radius 2 is 1.83 bits per heavy atom. The fourth-order valence-electron chi connectivity index (χ4n) is 0.457. The van der Waals surface area contributed by atoms with Crippen LogP contribution in [0, 0.1) is 13.8 Å². The topological polar surface area (TPSA) is 42.9 Å². The van der Waals surface area contributed by atoms with E-state index in [2.05, 4.69) is 25.9 Å². The molecule has 0 spiro atoms. The van der Waals surface area contributed by atoms with Gasteiger partial charge in [0.1, 0.15) is 12.1 Å². The van der Waals surface area contributed by atoms with Gasteiger partial charge < -0.3 is 4.79 Å². The lowest BCUT2D eigenvalue weighted by Gasteiger charge is -1.88. The van der Waals surface area contributed by atoms with E-state index in [-0.39, 0.29) is 0 Å². The first-order valence-corrected chi connectivity index (χ1v) is 4.57. The van der Waals surface area contributed by atoms with E-state index >= 15 is 0 Å². The molecule has 66 valence electrons. The highest BCUT2D eigenvalue weighted by atomic mass is 79.9. The molecule has 1 aromatic rings. The third-order valence-corrected chi connectivity index (χ3v) is 1.24. The average molecular weight is 231 g/mol. The SMILES string of the molecule is Cc1cnc(C)nc1.O=CCBr. The molecule has 0 atom stereocenters. The monoisotopic (exact) mass is 230 g/mol. The molecule has 0 aromatic carbocycles. The van der Waals surface area contributed by atoms with Gasteiger partial charge in [0.2, 0.25) is 0 Å². The predicted molar refractivity (Wildman–Crippen MR) is 51.4 cm³/mol. The molecule has 0 aliphatic rings. The van der Waals surface area contributed by atoms with Gasteiger partial charge in [0, 0.05) is 12.4 Å². The van der Waals surface area contributed by atoms with Crippen molar-refractivity contribution in [3.63, 3.8) is 0 Å². The number of nitrogens with zero attached hydrogens (tertiary/aromatic N) is 2. The Kier molecular flexibility index (Phi) is 6.47. The Morgan fingerprint density at radius 1 is 1.42 bits per heavy atom. The number of aryl methyl sites for hydroxylation is 2. The minimum atomic E-state index is 0.451. The maximum atomic E-state index is 9.13. The van der Waals surface area contributed by atoms with Crippen molar-refractivity contribution in [2.75, 3.05) is 5.33 Å². The zero-order chi connectivity index (χ0) is 9.40. The van der Waals surface area contributed by atoms with Crippen LogP contribution in [0.15, 0.2) is 12.4 Å². The van der Waals surface area contributed by atoms with Crippen LogP contribution in [0.3, 0.4) is 0 Å². The van der Waals surface area contributed by atoms with Crippen molar-refractivity contribution < 1.29 is 4.79 Å². The molecule has 0 fully saturated rings. The van der Waals surface area contributed by atoms with Crippen molar-refractivity contribution in [3.8, 4) is 0 Å². The van der Waals surface area contributed by atoms with Crippen LogP contribution in [0.1, 0.15) is 11.4 Å². The van der Waals surface area contributed by atoms with E-state index in [9.17, 15) is 0 Å². The van der Waals surface area contributed by atoms with Gasteiger partial charge in [0.25, 0.3) is 0 Å². The summed E-state index contributed by atoms with van der Waals surface area (Å²) in [5, 5.41) is 0.451. The second-order valence-electron chi connectivity index (χ2n) is 2.13. The standard InChI is InChI=1S/C6H8N2.C2H3BrO/c1-5-3-7-6(2)8-4-5;3-1-2-4/h3-4H,1-2H3;2H,1H2. The van der Waals surface area contributed by atoms with Crippen LogP contribution >= 0.6 is 15.9 Å². The maximum Gasteiger partial charge on any atom is 0.130 e. The van der Waals surface area contributed by atoms with Crippen molar-refractivity contribution in [2.45, 2.75) is 13.8 Å². The number of aldehydes is 1. The van der Waals surface area contributed by atoms with Crippen LogP contribution in [0.5, 0.6) is 0 Å². The summed E-state index contributed by atoms with van der Waals surface area (Å²) in [6.07, 6.45) is 4.41. The third kappa shape index (κ3) is 5.97. The smallest absolute Gasteiger partial charge is 0.130 e. The van der Waals surface area contributed by atoms with Gasteiger partial charge in [-0.2, -0.15) is 0 Å². The van der Waals surface area contributed by atoms with Gasteiger partial charge >= 0.3 is 0 Å². The van der Waals surface area contributed by atoms with E-state index in [0.29, 0.717) is 5.33 Å². The normalized spacial score (nSPS) is 8.25. The summed E-state index contributed by atoms with van der Waals surface area (Å²) in [4.78, 5) is 17.1. The van der Waals surface area contributed by atoms with Crippen molar-refractivity contribution in [1.29, 1.82) is 0 Å². The highest BCUT2D eigenvalue weighted by Gasteiger charge is 1.82. The Hall–Kier alpha value is -0.770. The molecule has 0 bridgehead atoms. The fourth-order valence-corrected chi connectivity index (χ4v) is 0.457. The molecule has 0 amide bonds. The lowest BCUT2D eigenvalue weighted by atomic mass is 10.4. The zero-order valence-electron chi connectivity index (χ0n) is 7.12. The Morgan fingerprint density at radius 3 is 2.08 bits per heavy atom. The van der Waals surface area contributed by atoms with Crippen LogP contribution < -0.4 is 0 Å².